The van der Waals surface area contributed by atoms with E-state index in [2.05, 4.69) is 29.2 Å². The van der Waals surface area contributed by atoms with Crippen LogP contribution in [0.2, 0.25) is 0 Å². The van der Waals surface area contributed by atoms with E-state index in [1.165, 1.54) is 0 Å². The Morgan fingerprint density at radius 3 is 2.64 bits per heavy atom. The molecule has 6 heteroatoms. The summed E-state index contributed by atoms with van der Waals surface area (Å²) in [5.74, 6) is 2.00. The maximum atomic E-state index is 12.6. The number of rotatable bonds is 9. The lowest BCUT2D eigenvalue weighted by Gasteiger charge is -2.26. The van der Waals surface area contributed by atoms with Gasteiger partial charge in [0, 0.05) is 25.0 Å². The molecule has 1 saturated heterocycles. The summed E-state index contributed by atoms with van der Waals surface area (Å²) in [7, 11) is 0. The minimum atomic E-state index is -0.869. The van der Waals surface area contributed by atoms with Crippen molar-refractivity contribution in [2.45, 2.75) is 45.1 Å². The van der Waals surface area contributed by atoms with Gasteiger partial charge < -0.3 is 18.6 Å². The quantitative estimate of drug-likeness (QED) is 0.268. The van der Waals surface area contributed by atoms with Crippen LogP contribution in [0.1, 0.15) is 36.8 Å². The largest absolute Gasteiger partial charge is 0.493 e. The fourth-order valence-electron chi connectivity index (χ4n) is 4.77. The molecule has 0 saturated carbocycles. The van der Waals surface area contributed by atoms with Crippen molar-refractivity contribution in [3.8, 4) is 17.2 Å². The Morgan fingerprint density at radius 2 is 1.86 bits per heavy atom. The Balaban J connectivity index is 1.23. The van der Waals surface area contributed by atoms with Crippen molar-refractivity contribution in [3.05, 3.63) is 83.7 Å². The second-order valence-electron chi connectivity index (χ2n) is 9.17. The highest BCUT2D eigenvalue weighted by molar-refractivity contribution is 5.85. The first kappa shape index (κ1) is 24.1. The summed E-state index contributed by atoms with van der Waals surface area (Å²) >= 11 is 0. The second kappa shape index (κ2) is 10.5. The van der Waals surface area contributed by atoms with Crippen LogP contribution in [0.4, 0.5) is 0 Å². The van der Waals surface area contributed by atoms with Gasteiger partial charge in [-0.2, -0.15) is 0 Å². The fourth-order valence-corrected chi connectivity index (χ4v) is 4.77. The van der Waals surface area contributed by atoms with Crippen molar-refractivity contribution in [2.24, 2.45) is 0 Å². The monoisotopic (exact) mass is 485 g/mol. The van der Waals surface area contributed by atoms with Crippen molar-refractivity contribution < 1.29 is 23.4 Å². The van der Waals surface area contributed by atoms with Gasteiger partial charge in [0.15, 0.2) is 5.60 Å². The van der Waals surface area contributed by atoms with Crippen LogP contribution in [-0.2, 0) is 27.1 Å². The Kier molecular flexibility index (Phi) is 7.05. The molecule has 1 aliphatic rings. The Morgan fingerprint density at radius 1 is 1.06 bits per heavy atom. The summed E-state index contributed by atoms with van der Waals surface area (Å²) in [6, 6.07) is 22.2. The minimum absolute atomic E-state index is 0.260. The predicted molar refractivity (Wildman–Crippen MR) is 138 cm³/mol. The normalized spacial score (nSPS) is 17.4. The van der Waals surface area contributed by atoms with Crippen LogP contribution < -0.4 is 4.74 Å². The lowest BCUT2D eigenvalue weighted by molar-refractivity contribution is -0.166. The molecule has 0 N–H and O–H groups in total. The van der Waals surface area contributed by atoms with Gasteiger partial charge in [-0.15, -0.1) is 0 Å². The van der Waals surface area contributed by atoms with E-state index in [-0.39, 0.29) is 5.97 Å². The van der Waals surface area contributed by atoms with Crippen LogP contribution in [0.3, 0.4) is 0 Å². The molecule has 6 nitrogen and oxygen atoms in total. The number of ether oxygens (including phenoxy) is 3. The standard InChI is InChI=1S/C30H31NO5/c1-3-33-29(32)30(15-7-16-35-30)20-22-10-11-25-19-26(13-12-24(25)18-22)34-17-14-27-21(2)36-28(31-27)23-8-5-4-6-9-23/h4-6,8-13,18-19H,3,7,14-17,20H2,1-2H3. The van der Waals surface area contributed by atoms with Crippen LogP contribution in [0.5, 0.6) is 5.75 Å². The number of carbonyl (C=O) groups excluding carboxylic acids is 1. The number of aromatic nitrogens is 1. The Hall–Kier alpha value is -3.64. The molecule has 1 atom stereocenters. The van der Waals surface area contributed by atoms with E-state index in [0.29, 0.717) is 45.0 Å². The molecule has 1 aliphatic heterocycles. The number of benzene rings is 3. The molecule has 2 heterocycles. The zero-order valence-electron chi connectivity index (χ0n) is 20.8. The number of nitrogens with zero attached hydrogens (tertiary/aromatic N) is 1. The van der Waals surface area contributed by atoms with E-state index in [1.54, 1.807) is 0 Å². The molecular weight excluding hydrogens is 454 g/mol. The molecule has 186 valence electrons. The summed E-state index contributed by atoms with van der Waals surface area (Å²) < 4.78 is 23.1. The molecule has 36 heavy (non-hydrogen) atoms. The molecule has 1 fully saturated rings. The lowest BCUT2D eigenvalue weighted by Crippen LogP contribution is -2.41. The lowest BCUT2D eigenvalue weighted by atomic mass is 9.90. The van der Waals surface area contributed by atoms with Gasteiger partial charge >= 0.3 is 5.97 Å². The first-order valence-electron chi connectivity index (χ1n) is 12.5. The van der Waals surface area contributed by atoms with Crippen molar-refractivity contribution in [1.29, 1.82) is 0 Å². The summed E-state index contributed by atoms with van der Waals surface area (Å²) in [5.41, 5.74) is 2.06. The van der Waals surface area contributed by atoms with Gasteiger partial charge in [-0.25, -0.2) is 9.78 Å². The molecule has 0 amide bonds. The molecule has 0 bridgehead atoms. The smallest absolute Gasteiger partial charge is 0.338 e. The molecule has 5 rings (SSSR count). The average molecular weight is 486 g/mol. The van der Waals surface area contributed by atoms with Crippen LogP contribution in [0.15, 0.2) is 71.1 Å². The number of aryl methyl sites for hydroxylation is 1. The topological polar surface area (TPSA) is 70.8 Å². The maximum Gasteiger partial charge on any atom is 0.338 e. The molecule has 0 aliphatic carbocycles. The van der Waals surface area contributed by atoms with Gasteiger partial charge in [-0.1, -0.05) is 42.5 Å². The van der Waals surface area contributed by atoms with Crippen LogP contribution in [-0.4, -0.2) is 36.4 Å². The summed E-state index contributed by atoms with van der Waals surface area (Å²) in [4.78, 5) is 17.3. The van der Waals surface area contributed by atoms with Crippen molar-refractivity contribution >= 4 is 16.7 Å². The zero-order chi connectivity index (χ0) is 25.0. The van der Waals surface area contributed by atoms with Crippen molar-refractivity contribution in [2.75, 3.05) is 19.8 Å². The van der Waals surface area contributed by atoms with E-state index >= 15 is 0 Å². The van der Waals surface area contributed by atoms with Crippen LogP contribution >= 0.6 is 0 Å². The maximum absolute atomic E-state index is 12.6. The van der Waals surface area contributed by atoms with Gasteiger partial charge in [-0.3, -0.25) is 0 Å². The van der Waals surface area contributed by atoms with E-state index < -0.39 is 5.60 Å². The first-order valence-corrected chi connectivity index (χ1v) is 12.5. The minimum Gasteiger partial charge on any atom is -0.493 e. The van der Waals surface area contributed by atoms with E-state index in [0.717, 1.165) is 45.5 Å². The highest BCUT2D eigenvalue weighted by atomic mass is 16.6. The third-order valence-electron chi connectivity index (χ3n) is 6.64. The molecule has 0 radical (unpaired) electrons. The van der Waals surface area contributed by atoms with Crippen LogP contribution in [0, 0.1) is 6.92 Å². The van der Waals surface area contributed by atoms with E-state index in [4.69, 9.17) is 18.6 Å². The Labute approximate surface area is 211 Å². The van der Waals surface area contributed by atoms with Gasteiger partial charge in [0.25, 0.3) is 0 Å². The van der Waals surface area contributed by atoms with Crippen LogP contribution in [0.25, 0.3) is 22.2 Å². The third kappa shape index (κ3) is 5.14. The molecular formula is C30H31NO5. The molecule has 1 unspecified atom stereocenters. The average Bonchev–Trinajstić information content (AvgIpc) is 3.52. The Bertz CT molecular complexity index is 1340. The second-order valence-corrected chi connectivity index (χ2v) is 9.17. The molecule has 0 spiro atoms. The first-order chi connectivity index (χ1) is 17.6. The third-order valence-corrected chi connectivity index (χ3v) is 6.64. The highest BCUT2D eigenvalue weighted by Crippen LogP contribution is 2.32. The van der Waals surface area contributed by atoms with Gasteiger partial charge in [-0.05, 0) is 67.3 Å². The molecule has 4 aromatic rings. The number of carbonyl (C=O) groups is 1. The number of esters is 1. The van der Waals surface area contributed by atoms with Crippen molar-refractivity contribution in [3.63, 3.8) is 0 Å². The highest BCUT2D eigenvalue weighted by Gasteiger charge is 2.44. The number of oxazole rings is 1. The predicted octanol–water partition coefficient (Wildman–Crippen LogP) is 6.08. The van der Waals surface area contributed by atoms with Gasteiger partial charge in [0.05, 0.1) is 18.9 Å². The molecule has 1 aromatic heterocycles. The summed E-state index contributed by atoms with van der Waals surface area (Å²) in [5, 5.41) is 2.18. The fraction of sp³-hybridized carbons (Fsp3) is 0.333. The van der Waals surface area contributed by atoms with Gasteiger partial charge in [0.2, 0.25) is 5.89 Å². The summed E-state index contributed by atoms with van der Waals surface area (Å²) in [6.07, 6.45) is 2.74. The molecule has 3 aromatic carbocycles. The van der Waals surface area contributed by atoms with Gasteiger partial charge in [0.1, 0.15) is 11.5 Å². The number of fused-ring (bicyclic) bond motifs is 1. The number of hydrogen-bond acceptors (Lipinski definition) is 6. The van der Waals surface area contributed by atoms with E-state index in [1.807, 2.05) is 56.3 Å². The van der Waals surface area contributed by atoms with Crippen molar-refractivity contribution in [1.82, 2.24) is 4.98 Å². The summed E-state index contributed by atoms with van der Waals surface area (Å²) in [6.45, 7) is 5.21. The SMILES string of the molecule is CCOC(=O)C1(Cc2ccc3cc(OCCc4nc(-c5ccccc5)oc4C)ccc3c2)CCCO1. The number of hydrogen-bond donors (Lipinski definition) is 0. The zero-order valence-corrected chi connectivity index (χ0v) is 20.8. The van der Waals surface area contributed by atoms with E-state index in [9.17, 15) is 4.79 Å².